The molecule has 1 heterocycles. The summed E-state index contributed by atoms with van der Waals surface area (Å²) in [6, 6.07) is 8.60. The molecular weight excluding hydrogens is 260 g/mol. The average Bonchev–Trinajstić information content (AvgIpc) is 2.54. The van der Waals surface area contributed by atoms with Crippen molar-refractivity contribution < 1.29 is 4.79 Å². The third kappa shape index (κ3) is 3.22. The van der Waals surface area contributed by atoms with Crippen LogP contribution in [0.1, 0.15) is 56.9 Å². The van der Waals surface area contributed by atoms with Gasteiger partial charge in [-0.2, -0.15) is 0 Å². The summed E-state index contributed by atoms with van der Waals surface area (Å²) in [4.78, 5) is 12.7. The fraction of sp³-hybridized carbons (Fsp3) is 0.611. The van der Waals surface area contributed by atoms with Crippen LogP contribution in [0.25, 0.3) is 0 Å². The molecule has 3 rings (SSSR count). The lowest BCUT2D eigenvalue weighted by Crippen LogP contribution is -2.42. The summed E-state index contributed by atoms with van der Waals surface area (Å²) in [6.07, 6.45) is 7.03. The predicted octanol–water partition coefficient (Wildman–Crippen LogP) is 3.67. The minimum absolute atomic E-state index is 0.0180. The smallest absolute Gasteiger partial charge is 0.227 e. The summed E-state index contributed by atoms with van der Waals surface area (Å²) in [6.45, 7) is 3.15. The lowest BCUT2D eigenvalue weighted by molar-refractivity contribution is -0.123. The van der Waals surface area contributed by atoms with Crippen LogP contribution in [0, 0.1) is 5.92 Å². The Bertz CT molecular complexity index is 500. The maximum atomic E-state index is 12.7. The highest BCUT2D eigenvalue weighted by Gasteiger charge is 2.29. The van der Waals surface area contributed by atoms with E-state index in [4.69, 9.17) is 0 Å². The molecule has 1 aliphatic carbocycles. The molecule has 3 unspecified atom stereocenters. The molecular formula is C18H26N2O. The Kier molecular flexibility index (Phi) is 4.47. The second kappa shape index (κ2) is 6.50. The van der Waals surface area contributed by atoms with Crippen LogP contribution in [0.3, 0.4) is 0 Å². The number of carbonyl (C=O) groups excluding carboxylic acids is 1. The number of hydrogen-bond acceptors (Lipinski definition) is 2. The van der Waals surface area contributed by atoms with Crippen molar-refractivity contribution >= 4 is 11.6 Å². The lowest BCUT2D eigenvalue weighted by Gasteiger charge is -2.32. The van der Waals surface area contributed by atoms with Gasteiger partial charge in [0.15, 0.2) is 0 Å². The van der Waals surface area contributed by atoms with Crippen LogP contribution >= 0.6 is 0 Å². The van der Waals surface area contributed by atoms with Gasteiger partial charge in [-0.3, -0.25) is 4.79 Å². The third-order valence-corrected chi connectivity index (χ3v) is 5.11. The summed E-state index contributed by atoms with van der Waals surface area (Å²) >= 11 is 0. The topological polar surface area (TPSA) is 41.1 Å². The van der Waals surface area contributed by atoms with E-state index in [1.807, 2.05) is 12.1 Å². The molecule has 1 amide bonds. The van der Waals surface area contributed by atoms with E-state index < -0.39 is 0 Å². The van der Waals surface area contributed by atoms with E-state index in [9.17, 15) is 4.79 Å². The Morgan fingerprint density at radius 3 is 3.00 bits per heavy atom. The average molecular weight is 286 g/mol. The number of rotatable bonds is 3. The summed E-state index contributed by atoms with van der Waals surface area (Å²) in [5.74, 6) is 1.04. The van der Waals surface area contributed by atoms with Gasteiger partial charge in [0.2, 0.25) is 5.91 Å². The standard InChI is InChI=1S/C18H26N2O/c1-2-13-6-5-7-14(12-13)20-18(21)16-10-11-19-17-9-4-3-8-15(16)17/h3-4,8-9,13-14,16,19H,2,5-7,10-12H2,1H3,(H,20,21). The molecule has 2 aliphatic rings. The molecule has 114 valence electrons. The van der Waals surface area contributed by atoms with E-state index in [-0.39, 0.29) is 11.8 Å². The van der Waals surface area contributed by atoms with Crippen molar-refractivity contribution in [3.8, 4) is 0 Å². The highest BCUT2D eigenvalue weighted by Crippen LogP contribution is 2.32. The summed E-state index contributed by atoms with van der Waals surface area (Å²) in [5.41, 5.74) is 2.28. The first-order valence-corrected chi connectivity index (χ1v) is 8.41. The molecule has 3 heteroatoms. The maximum Gasteiger partial charge on any atom is 0.227 e. The SMILES string of the molecule is CCC1CCCC(NC(=O)C2CCNc3ccccc32)C1. The molecule has 3 atom stereocenters. The fourth-order valence-corrected chi connectivity index (χ4v) is 3.84. The molecule has 0 saturated heterocycles. The van der Waals surface area contributed by atoms with Crippen molar-refractivity contribution in [2.24, 2.45) is 5.92 Å². The van der Waals surface area contributed by atoms with Crippen LogP contribution in [0.5, 0.6) is 0 Å². The van der Waals surface area contributed by atoms with Gasteiger partial charge in [-0.05, 0) is 36.8 Å². The maximum absolute atomic E-state index is 12.7. The number of para-hydroxylation sites is 1. The minimum atomic E-state index is 0.0180. The minimum Gasteiger partial charge on any atom is -0.385 e. The quantitative estimate of drug-likeness (QED) is 0.890. The predicted molar refractivity (Wildman–Crippen MR) is 86.5 cm³/mol. The molecule has 0 spiro atoms. The Morgan fingerprint density at radius 2 is 2.14 bits per heavy atom. The summed E-state index contributed by atoms with van der Waals surface area (Å²) in [7, 11) is 0. The molecule has 1 aromatic carbocycles. The second-order valence-electron chi connectivity index (χ2n) is 6.50. The molecule has 21 heavy (non-hydrogen) atoms. The number of nitrogens with one attached hydrogen (secondary N) is 2. The van der Waals surface area contributed by atoms with Crippen molar-refractivity contribution in [3.63, 3.8) is 0 Å². The van der Waals surface area contributed by atoms with Crippen molar-refractivity contribution in [1.29, 1.82) is 0 Å². The molecule has 0 bridgehead atoms. The molecule has 2 N–H and O–H groups in total. The van der Waals surface area contributed by atoms with E-state index in [1.54, 1.807) is 0 Å². The Hall–Kier alpha value is -1.51. The normalized spacial score (nSPS) is 28.3. The highest BCUT2D eigenvalue weighted by atomic mass is 16.1. The highest BCUT2D eigenvalue weighted by molar-refractivity contribution is 5.86. The van der Waals surface area contributed by atoms with E-state index in [2.05, 4.69) is 29.7 Å². The third-order valence-electron chi connectivity index (χ3n) is 5.11. The van der Waals surface area contributed by atoms with E-state index in [0.717, 1.165) is 43.0 Å². The number of benzene rings is 1. The Labute approximate surface area is 127 Å². The molecule has 1 aromatic rings. The van der Waals surface area contributed by atoms with Gasteiger partial charge in [-0.1, -0.05) is 44.4 Å². The first kappa shape index (κ1) is 14.4. The molecule has 1 fully saturated rings. The van der Waals surface area contributed by atoms with Gasteiger partial charge in [0, 0.05) is 18.3 Å². The number of hydrogen-bond donors (Lipinski definition) is 2. The van der Waals surface area contributed by atoms with E-state index >= 15 is 0 Å². The van der Waals surface area contributed by atoms with Gasteiger partial charge in [-0.25, -0.2) is 0 Å². The summed E-state index contributed by atoms with van der Waals surface area (Å²) in [5, 5.41) is 6.71. The van der Waals surface area contributed by atoms with E-state index in [0.29, 0.717) is 6.04 Å². The van der Waals surface area contributed by atoms with Crippen molar-refractivity contribution in [2.75, 3.05) is 11.9 Å². The first-order chi connectivity index (χ1) is 10.3. The van der Waals surface area contributed by atoms with Crippen molar-refractivity contribution in [2.45, 2.75) is 57.4 Å². The number of fused-ring (bicyclic) bond motifs is 1. The van der Waals surface area contributed by atoms with Crippen LogP contribution in [0.2, 0.25) is 0 Å². The number of anilines is 1. The molecule has 3 nitrogen and oxygen atoms in total. The Balaban J connectivity index is 1.66. The van der Waals surface area contributed by atoms with Crippen LogP contribution in [-0.2, 0) is 4.79 Å². The van der Waals surface area contributed by atoms with Crippen LogP contribution in [0.4, 0.5) is 5.69 Å². The van der Waals surface area contributed by atoms with Crippen LogP contribution < -0.4 is 10.6 Å². The number of amides is 1. The molecule has 1 aliphatic heterocycles. The lowest BCUT2D eigenvalue weighted by atomic mass is 9.83. The van der Waals surface area contributed by atoms with Gasteiger partial charge in [0.05, 0.1) is 5.92 Å². The monoisotopic (exact) mass is 286 g/mol. The Morgan fingerprint density at radius 1 is 1.29 bits per heavy atom. The zero-order valence-corrected chi connectivity index (χ0v) is 12.9. The van der Waals surface area contributed by atoms with Crippen LogP contribution in [0.15, 0.2) is 24.3 Å². The summed E-state index contributed by atoms with van der Waals surface area (Å²) < 4.78 is 0. The zero-order chi connectivity index (χ0) is 14.7. The van der Waals surface area contributed by atoms with E-state index in [1.165, 1.54) is 19.3 Å². The van der Waals surface area contributed by atoms with Gasteiger partial charge in [0.25, 0.3) is 0 Å². The van der Waals surface area contributed by atoms with Gasteiger partial charge in [0.1, 0.15) is 0 Å². The van der Waals surface area contributed by atoms with Gasteiger partial charge in [-0.15, -0.1) is 0 Å². The fourth-order valence-electron chi connectivity index (χ4n) is 3.84. The van der Waals surface area contributed by atoms with Crippen molar-refractivity contribution in [3.05, 3.63) is 29.8 Å². The number of carbonyl (C=O) groups is 1. The van der Waals surface area contributed by atoms with Crippen molar-refractivity contribution in [1.82, 2.24) is 5.32 Å². The van der Waals surface area contributed by atoms with Gasteiger partial charge < -0.3 is 10.6 Å². The molecule has 0 radical (unpaired) electrons. The van der Waals surface area contributed by atoms with Gasteiger partial charge >= 0.3 is 0 Å². The molecule has 0 aromatic heterocycles. The van der Waals surface area contributed by atoms with Crippen LogP contribution in [-0.4, -0.2) is 18.5 Å². The zero-order valence-electron chi connectivity index (χ0n) is 12.9. The first-order valence-electron chi connectivity index (χ1n) is 8.41. The largest absolute Gasteiger partial charge is 0.385 e. The second-order valence-corrected chi connectivity index (χ2v) is 6.50. The molecule has 1 saturated carbocycles.